The Labute approximate surface area is 127 Å². The molecule has 0 aromatic carbocycles. The van der Waals surface area contributed by atoms with E-state index < -0.39 is 23.8 Å². The smallest absolute Gasteiger partial charge is 0.309 e. The van der Waals surface area contributed by atoms with Gasteiger partial charge in [-0.3, -0.25) is 14.4 Å². The lowest BCUT2D eigenvalue weighted by Gasteiger charge is -2.08. The Morgan fingerprint density at radius 3 is 1.95 bits per heavy atom. The van der Waals surface area contributed by atoms with E-state index >= 15 is 0 Å². The molecule has 1 atom stereocenters. The van der Waals surface area contributed by atoms with Gasteiger partial charge in [0.1, 0.15) is 0 Å². The number of hydrogen-bond acceptors (Lipinski definition) is 4. The Balaban J connectivity index is 0. The first-order valence-electron chi connectivity index (χ1n) is 7.34. The molecule has 3 amide bonds. The van der Waals surface area contributed by atoms with Crippen molar-refractivity contribution in [1.82, 2.24) is 5.32 Å². The molecule has 0 heterocycles. The van der Waals surface area contributed by atoms with Crippen LogP contribution in [-0.2, 0) is 14.4 Å². The number of rotatable bonds is 8. The standard InChI is InChI=1S/C8H16N2O2.C6H14N2O/c1-2-3-4-5-6-10-8(12)7(9)11;1-4(2)3-5(7)6(8)9/h2-6H2,1H3,(H2,9,11)(H,10,12);4-5H,3,7H2,1-2H3,(H2,8,9)/t;5-/m.0/s1. The highest BCUT2D eigenvalue weighted by Gasteiger charge is 2.09. The molecule has 0 aliphatic heterocycles. The van der Waals surface area contributed by atoms with Crippen molar-refractivity contribution in [2.24, 2.45) is 23.1 Å². The van der Waals surface area contributed by atoms with Crippen molar-refractivity contribution in [2.45, 2.75) is 58.9 Å². The average molecular weight is 302 g/mol. The van der Waals surface area contributed by atoms with E-state index in [-0.39, 0.29) is 0 Å². The summed E-state index contributed by atoms with van der Waals surface area (Å²) in [5.74, 6) is -1.58. The van der Waals surface area contributed by atoms with E-state index in [0.29, 0.717) is 18.9 Å². The molecule has 7 nitrogen and oxygen atoms in total. The van der Waals surface area contributed by atoms with Crippen LogP contribution in [0.25, 0.3) is 0 Å². The van der Waals surface area contributed by atoms with Gasteiger partial charge in [-0.15, -0.1) is 0 Å². The van der Waals surface area contributed by atoms with Crippen LogP contribution < -0.4 is 22.5 Å². The van der Waals surface area contributed by atoms with Gasteiger partial charge in [0.2, 0.25) is 5.91 Å². The molecule has 0 radical (unpaired) electrons. The van der Waals surface area contributed by atoms with Gasteiger partial charge in [-0.05, 0) is 18.8 Å². The van der Waals surface area contributed by atoms with Crippen LogP contribution >= 0.6 is 0 Å². The molecule has 124 valence electrons. The van der Waals surface area contributed by atoms with E-state index in [1.165, 1.54) is 0 Å². The van der Waals surface area contributed by atoms with Gasteiger partial charge in [0.05, 0.1) is 6.04 Å². The molecule has 0 saturated carbocycles. The molecule has 0 aliphatic carbocycles. The number of carbonyl (C=O) groups is 3. The SMILES string of the molecule is CC(C)C[C@H](N)C(N)=O.CCCCCCNC(=O)C(N)=O. The molecular formula is C14H30N4O3. The van der Waals surface area contributed by atoms with Crippen LogP contribution in [0.3, 0.4) is 0 Å². The van der Waals surface area contributed by atoms with Crippen molar-refractivity contribution >= 4 is 17.7 Å². The summed E-state index contributed by atoms with van der Waals surface area (Å²) >= 11 is 0. The summed E-state index contributed by atoms with van der Waals surface area (Å²) in [5, 5.41) is 2.43. The first-order valence-corrected chi connectivity index (χ1v) is 7.34. The molecule has 0 unspecified atom stereocenters. The number of amides is 3. The highest BCUT2D eigenvalue weighted by molar-refractivity contribution is 6.34. The summed E-state index contributed by atoms with van der Waals surface area (Å²) < 4.78 is 0. The van der Waals surface area contributed by atoms with Gasteiger partial charge in [0.15, 0.2) is 0 Å². The quantitative estimate of drug-likeness (QED) is 0.370. The topological polar surface area (TPSA) is 141 Å². The van der Waals surface area contributed by atoms with Crippen LogP contribution in [0.5, 0.6) is 0 Å². The fourth-order valence-electron chi connectivity index (χ4n) is 1.46. The van der Waals surface area contributed by atoms with E-state index in [0.717, 1.165) is 25.7 Å². The minimum Gasteiger partial charge on any atom is -0.368 e. The maximum Gasteiger partial charge on any atom is 0.309 e. The Morgan fingerprint density at radius 2 is 1.62 bits per heavy atom. The lowest BCUT2D eigenvalue weighted by Crippen LogP contribution is -2.37. The fourth-order valence-corrected chi connectivity index (χ4v) is 1.46. The third kappa shape index (κ3) is 16.3. The van der Waals surface area contributed by atoms with Gasteiger partial charge < -0.3 is 22.5 Å². The Bertz CT molecular complexity index is 319. The zero-order valence-corrected chi connectivity index (χ0v) is 13.4. The maximum atomic E-state index is 10.6. The zero-order chi connectivity index (χ0) is 16.8. The molecule has 0 rings (SSSR count). The summed E-state index contributed by atoms with van der Waals surface area (Å²) in [6, 6.07) is -0.468. The molecule has 0 bridgehead atoms. The van der Waals surface area contributed by atoms with Crippen LogP contribution in [0.2, 0.25) is 0 Å². The molecule has 7 N–H and O–H groups in total. The maximum absolute atomic E-state index is 10.6. The molecule has 7 heteroatoms. The Morgan fingerprint density at radius 1 is 1.05 bits per heavy atom. The first kappa shape index (κ1) is 21.7. The number of carbonyl (C=O) groups excluding carboxylic acids is 3. The van der Waals surface area contributed by atoms with Gasteiger partial charge in [-0.2, -0.15) is 0 Å². The molecule has 0 aromatic heterocycles. The molecule has 0 saturated heterocycles. The number of hydrogen-bond donors (Lipinski definition) is 4. The second-order valence-electron chi connectivity index (χ2n) is 5.32. The van der Waals surface area contributed by atoms with Crippen LogP contribution in [-0.4, -0.2) is 30.3 Å². The molecule has 21 heavy (non-hydrogen) atoms. The minimum atomic E-state index is -0.912. The summed E-state index contributed by atoms with van der Waals surface area (Å²) in [6.45, 7) is 6.66. The van der Waals surface area contributed by atoms with E-state index in [2.05, 4.69) is 12.2 Å². The number of unbranched alkanes of at least 4 members (excludes halogenated alkanes) is 3. The largest absolute Gasteiger partial charge is 0.368 e. The van der Waals surface area contributed by atoms with Crippen LogP contribution in [0.1, 0.15) is 52.9 Å². The van der Waals surface area contributed by atoms with Crippen molar-refractivity contribution in [3.8, 4) is 0 Å². The lowest BCUT2D eigenvalue weighted by atomic mass is 10.0. The van der Waals surface area contributed by atoms with Gasteiger partial charge >= 0.3 is 11.8 Å². The van der Waals surface area contributed by atoms with Gasteiger partial charge in [0.25, 0.3) is 0 Å². The molecule has 0 aliphatic rings. The van der Waals surface area contributed by atoms with Crippen molar-refractivity contribution in [3.63, 3.8) is 0 Å². The average Bonchev–Trinajstić information content (AvgIpc) is 2.38. The second kappa shape index (κ2) is 13.4. The third-order valence-corrected chi connectivity index (χ3v) is 2.63. The molecule has 0 aromatic rings. The van der Waals surface area contributed by atoms with Crippen molar-refractivity contribution in [1.29, 1.82) is 0 Å². The predicted molar refractivity (Wildman–Crippen MR) is 83.0 cm³/mol. The van der Waals surface area contributed by atoms with Gasteiger partial charge in [-0.1, -0.05) is 40.0 Å². The van der Waals surface area contributed by atoms with Gasteiger partial charge in [-0.25, -0.2) is 0 Å². The lowest BCUT2D eigenvalue weighted by molar-refractivity contribution is -0.137. The number of primary amides is 2. The van der Waals surface area contributed by atoms with E-state index in [9.17, 15) is 14.4 Å². The molecular weight excluding hydrogens is 272 g/mol. The van der Waals surface area contributed by atoms with Gasteiger partial charge in [0, 0.05) is 6.54 Å². The van der Waals surface area contributed by atoms with Crippen LogP contribution in [0.15, 0.2) is 0 Å². The Kier molecular flexibility index (Phi) is 13.8. The molecule has 0 fully saturated rings. The summed E-state index contributed by atoms with van der Waals surface area (Å²) in [5.41, 5.74) is 15.0. The van der Waals surface area contributed by atoms with E-state index in [4.69, 9.17) is 17.2 Å². The summed E-state index contributed by atoms with van der Waals surface area (Å²) in [4.78, 5) is 31.2. The van der Waals surface area contributed by atoms with Crippen molar-refractivity contribution in [2.75, 3.05) is 6.54 Å². The third-order valence-electron chi connectivity index (χ3n) is 2.63. The summed E-state index contributed by atoms with van der Waals surface area (Å²) in [7, 11) is 0. The normalized spacial score (nSPS) is 11.3. The number of nitrogens with one attached hydrogen (secondary N) is 1. The first-order chi connectivity index (χ1) is 9.72. The van der Waals surface area contributed by atoms with E-state index in [1.54, 1.807) is 0 Å². The van der Waals surface area contributed by atoms with Crippen LogP contribution in [0, 0.1) is 5.92 Å². The van der Waals surface area contributed by atoms with Crippen LogP contribution in [0.4, 0.5) is 0 Å². The van der Waals surface area contributed by atoms with E-state index in [1.807, 2.05) is 13.8 Å². The molecule has 0 spiro atoms. The highest BCUT2D eigenvalue weighted by Crippen LogP contribution is 2.01. The predicted octanol–water partition coefficient (Wildman–Crippen LogP) is 0.0133. The van der Waals surface area contributed by atoms with Crippen molar-refractivity contribution in [3.05, 3.63) is 0 Å². The minimum absolute atomic E-state index is 0.413. The second-order valence-corrected chi connectivity index (χ2v) is 5.32. The number of nitrogens with two attached hydrogens (primary N) is 3. The summed E-state index contributed by atoms with van der Waals surface area (Å²) in [6.07, 6.45) is 4.98. The highest BCUT2D eigenvalue weighted by atomic mass is 16.2. The fraction of sp³-hybridized carbons (Fsp3) is 0.786. The zero-order valence-electron chi connectivity index (χ0n) is 13.4. The van der Waals surface area contributed by atoms with Crippen molar-refractivity contribution < 1.29 is 14.4 Å². The monoisotopic (exact) mass is 302 g/mol. The Hall–Kier alpha value is -1.63.